The lowest BCUT2D eigenvalue weighted by molar-refractivity contribution is -0.161. The highest BCUT2D eigenvalue weighted by Gasteiger charge is 2.64. The molecule has 0 bridgehead atoms. The Kier molecular flexibility index (Phi) is 7.99. The second kappa shape index (κ2) is 11.0. The van der Waals surface area contributed by atoms with E-state index in [0.717, 1.165) is 11.8 Å². The highest BCUT2D eigenvalue weighted by molar-refractivity contribution is 8.02. The van der Waals surface area contributed by atoms with Crippen LogP contribution in [0, 0.1) is 6.92 Å². The molecule has 4 heterocycles. The Morgan fingerprint density at radius 3 is 2.37 bits per heavy atom. The summed E-state index contributed by atoms with van der Waals surface area (Å²) < 4.78 is 3.64. The van der Waals surface area contributed by atoms with Gasteiger partial charge in [-0.25, -0.2) is 4.79 Å². The molecule has 16 heteroatoms. The Bertz CT molecular complexity index is 1530. The van der Waals surface area contributed by atoms with Gasteiger partial charge in [0.25, 0.3) is 5.91 Å². The monoisotopic (exact) mass is 651 g/mol. The van der Waals surface area contributed by atoms with Gasteiger partial charge in [-0.1, -0.05) is 35.0 Å². The van der Waals surface area contributed by atoms with Gasteiger partial charge in [0.1, 0.15) is 46.6 Å². The molecule has 5 N–H and O–H groups in total. The fourth-order valence-electron chi connectivity index (χ4n) is 5.68. The SMILES string of the molecule is Cc1onc(-c2ccccc2Cl)c1C(=O)N[C@H](C(=O)N[C@@H]1C(=O)N2[C@@H]1SC(C)(C)[C@@H]2C(=O)O)[C@@H]1N[C@@H](C(=O)O)C(C)(C)S1. The molecule has 0 spiro atoms. The number of carboxylic acids is 2. The highest BCUT2D eigenvalue weighted by Crippen LogP contribution is 2.51. The zero-order valence-corrected chi connectivity index (χ0v) is 26.1. The Labute approximate surface area is 259 Å². The number of carboxylic acid groups (broad SMARTS) is 2. The predicted octanol–water partition coefficient (Wildman–Crippen LogP) is 1.93. The highest BCUT2D eigenvalue weighted by atomic mass is 35.5. The van der Waals surface area contributed by atoms with Gasteiger partial charge in [0, 0.05) is 15.1 Å². The van der Waals surface area contributed by atoms with Gasteiger partial charge in [0.2, 0.25) is 11.8 Å². The van der Waals surface area contributed by atoms with E-state index in [1.54, 1.807) is 52.0 Å². The lowest BCUT2D eigenvalue weighted by Crippen LogP contribution is -2.72. The van der Waals surface area contributed by atoms with Gasteiger partial charge in [0.05, 0.1) is 10.4 Å². The van der Waals surface area contributed by atoms with Crippen LogP contribution in [-0.2, 0) is 19.2 Å². The molecule has 3 fully saturated rings. The molecule has 3 amide bonds. The Balaban J connectivity index is 1.44. The standard InChI is InChI=1S/C27H30ClN5O8S2/c1-10-13(14(32-41-10)11-8-6-7-9-12(11)28)19(34)29-15(21-31-17(24(37)38)26(2,3)42-21)20(35)30-16-22(36)33-18(25(39)40)27(4,5)43-23(16)33/h6-9,15-18,21,23,31H,1-5H3,(H,29,34)(H,30,35)(H,37,38)(H,39,40)/t15-,16-,17+,18+,21-,23-/m1/s1. The average molecular weight is 652 g/mol. The van der Waals surface area contributed by atoms with E-state index in [9.17, 15) is 34.2 Å². The van der Waals surface area contributed by atoms with Gasteiger partial charge in [-0.3, -0.25) is 24.5 Å². The number of aromatic nitrogens is 1. The fourth-order valence-corrected chi connectivity index (χ4v) is 9.03. The van der Waals surface area contributed by atoms with Crippen molar-refractivity contribution >= 4 is 64.8 Å². The summed E-state index contributed by atoms with van der Waals surface area (Å²) in [5.41, 5.74) is 0.623. The van der Waals surface area contributed by atoms with Crippen LogP contribution in [0.1, 0.15) is 43.8 Å². The summed E-state index contributed by atoms with van der Waals surface area (Å²) in [5.74, 6) is -4.14. The molecular formula is C27H30ClN5O8S2. The summed E-state index contributed by atoms with van der Waals surface area (Å²) in [4.78, 5) is 65.8. The predicted molar refractivity (Wildman–Crippen MR) is 159 cm³/mol. The number of fused-ring (bicyclic) bond motifs is 1. The average Bonchev–Trinajstić information content (AvgIpc) is 3.54. The number of carbonyl (C=O) groups excluding carboxylic acids is 3. The normalized spacial score (nSPS) is 27.6. The first kappa shape index (κ1) is 31.2. The molecule has 0 aliphatic carbocycles. The summed E-state index contributed by atoms with van der Waals surface area (Å²) in [5, 5.41) is 30.6. The summed E-state index contributed by atoms with van der Waals surface area (Å²) in [7, 11) is 0. The molecular weight excluding hydrogens is 622 g/mol. The number of benzene rings is 1. The molecule has 13 nitrogen and oxygen atoms in total. The number of aliphatic carboxylic acids is 2. The topological polar surface area (TPSA) is 191 Å². The number of halogens is 1. The molecule has 3 saturated heterocycles. The third-order valence-electron chi connectivity index (χ3n) is 7.77. The van der Waals surface area contributed by atoms with E-state index in [0.29, 0.717) is 10.6 Å². The number of hydrogen-bond acceptors (Lipinski definition) is 10. The van der Waals surface area contributed by atoms with Crippen molar-refractivity contribution in [1.29, 1.82) is 0 Å². The second-order valence-corrected chi connectivity index (χ2v) is 15.5. The first-order valence-electron chi connectivity index (χ1n) is 13.3. The largest absolute Gasteiger partial charge is 0.480 e. The molecule has 0 saturated carbocycles. The Hall–Kier alpha value is -3.27. The van der Waals surface area contributed by atoms with Crippen LogP contribution in [0.15, 0.2) is 28.8 Å². The lowest BCUT2D eigenvalue weighted by atomic mass is 9.96. The minimum Gasteiger partial charge on any atom is -0.480 e. The van der Waals surface area contributed by atoms with Crippen LogP contribution >= 0.6 is 35.1 Å². The van der Waals surface area contributed by atoms with Crippen molar-refractivity contribution in [2.75, 3.05) is 0 Å². The summed E-state index contributed by atoms with van der Waals surface area (Å²) in [6.07, 6.45) is 0. The van der Waals surface area contributed by atoms with Crippen LogP contribution in [0.25, 0.3) is 11.3 Å². The van der Waals surface area contributed by atoms with Crippen molar-refractivity contribution in [2.24, 2.45) is 0 Å². The number of nitrogens with one attached hydrogen (secondary N) is 3. The second-order valence-electron chi connectivity index (χ2n) is 11.6. The molecule has 0 unspecified atom stereocenters. The summed E-state index contributed by atoms with van der Waals surface area (Å²) in [6.45, 7) is 8.38. The number of amides is 3. The third-order valence-corrected chi connectivity index (χ3v) is 11.2. The van der Waals surface area contributed by atoms with Crippen LogP contribution in [0.4, 0.5) is 0 Å². The van der Waals surface area contributed by atoms with E-state index >= 15 is 0 Å². The van der Waals surface area contributed by atoms with Gasteiger partial charge in [-0.15, -0.1) is 23.5 Å². The van der Waals surface area contributed by atoms with E-state index in [1.807, 2.05) is 0 Å². The molecule has 3 aliphatic rings. The smallest absolute Gasteiger partial charge is 0.327 e. The van der Waals surface area contributed by atoms with E-state index < -0.39 is 74.1 Å². The number of β-lactam (4-membered cyclic amide) rings is 1. The van der Waals surface area contributed by atoms with Gasteiger partial charge >= 0.3 is 11.9 Å². The molecule has 43 heavy (non-hydrogen) atoms. The van der Waals surface area contributed by atoms with Gasteiger partial charge in [-0.2, -0.15) is 0 Å². The maximum Gasteiger partial charge on any atom is 0.327 e. The Morgan fingerprint density at radius 2 is 1.77 bits per heavy atom. The molecule has 1 aromatic carbocycles. The molecule has 230 valence electrons. The van der Waals surface area contributed by atoms with Crippen molar-refractivity contribution in [2.45, 2.75) is 79.0 Å². The number of thioether (sulfide) groups is 2. The van der Waals surface area contributed by atoms with Crippen LogP contribution in [0.3, 0.4) is 0 Å². The fraction of sp³-hybridized carbons (Fsp3) is 0.481. The molecule has 6 atom stereocenters. The number of carbonyl (C=O) groups is 5. The van der Waals surface area contributed by atoms with Crippen molar-refractivity contribution in [3.63, 3.8) is 0 Å². The quantitative estimate of drug-likeness (QED) is 0.261. The number of aryl methyl sites for hydroxylation is 1. The van der Waals surface area contributed by atoms with E-state index in [2.05, 4.69) is 21.1 Å². The minimum absolute atomic E-state index is 0.0336. The molecule has 5 rings (SSSR count). The van der Waals surface area contributed by atoms with Crippen LogP contribution in [0.5, 0.6) is 0 Å². The minimum atomic E-state index is -1.36. The van der Waals surface area contributed by atoms with Crippen LogP contribution < -0.4 is 16.0 Å². The molecule has 3 aliphatic heterocycles. The summed E-state index contributed by atoms with van der Waals surface area (Å²) in [6, 6.07) is 2.21. The van der Waals surface area contributed by atoms with E-state index in [1.165, 1.54) is 23.6 Å². The molecule has 0 radical (unpaired) electrons. The molecule has 1 aromatic heterocycles. The van der Waals surface area contributed by atoms with Gasteiger partial charge < -0.3 is 30.3 Å². The number of rotatable bonds is 8. The summed E-state index contributed by atoms with van der Waals surface area (Å²) >= 11 is 8.77. The molecule has 2 aromatic rings. The number of hydrogen-bond donors (Lipinski definition) is 5. The first-order chi connectivity index (χ1) is 20.0. The maximum absolute atomic E-state index is 13.8. The van der Waals surface area contributed by atoms with Gasteiger partial charge in [-0.05, 0) is 40.7 Å². The van der Waals surface area contributed by atoms with E-state index in [4.69, 9.17) is 16.1 Å². The zero-order valence-electron chi connectivity index (χ0n) is 23.7. The first-order valence-corrected chi connectivity index (χ1v) is 15.4. The lowest BCUT2D eigenvalue weighted by Gasteiger charge is -2.44. The van der Waals surface area contributed by atoms with Crippen molar-refractivity contribution in [1.82, 2.24) is 26.0 Å². The maximum atomic E-state index is 13.8. The van der Waals surface area contributed by atoms with Crippen LogP contribution in [0.2, 0.25) is 5.02 Å². The van der Waals surface area contributed by atoms with Crippen molar-refractivity contribution in [3.05, 3.63) is 40.6 Å². The van der Waals surface area contributed by atoms with E-state index in [-0.39, 0.29) is 17.0 Å². The van der Waals surface area contributed by atoms with Crippen molar-refractivity contribution in [3.8, 4) is 11.3 Å². The third kappa shape index (κ3) is 5.36. The number of nitrogens with zero attached hydrogens (tertiary/aromatic N) is 2. The zero-order chi connectivity index (χ0) is 31.6. The Morgan fingerprint density at radius 1 is 1.09 bits per heavy atom. The van der Waals surface area contributed by atoms with Gasteiger partial charge in [0.15, 0.2) is 0 Å². The van der Waals surface area contributed by atoms with Crippen LogP contribution in [-0.4, -0.2) is 94.3 Å². The van der Waals surface area contributed by atoms with Crippen molar-refractivity contribution < 1.29 is 38.7 Å².